The Morgan fingerprint density at radius 1 is 1.18 bits per heavy atom. The first-order valence-electron chi connectivity index (χ1n) is 10.2. The van der Waals surface area contributed by atoms with Gasteiger partial charge in [0, 0.05) is 30.9 Å². The fraction of sp³-hybridized carbons (Fsp3) is 0.318. The van der Waals surface area contributed by atoms with Crippen molar-refractivity contribution in [2.75, 3.05) is 36.7 Å². The third-order valence-corrected chi connectivity index (χ3v) is 7.91. The summed E-state index contributed by atoms with van der Waals surface area (Å²) in [5.41, 5.74) is 2.54. The first-order valence-corrected chi connectivity index (χ1v) is 13.2. The van der Waals surface area contributed by atoms with Crippen molar-refractivity contribution in [3.8, 4) is 0 Å². The number of hydrogen-bond donors (Lipinski definition) is 0. The highest BCUT2D eigenvalue weighted by Crippen LogP contribution is 2.27. The average Bonchev–Trinajstić information content (AvgIpc) is 3.32. The van der Waals surface area contributed by atoms with E-state index in [9.17, 15) is 18.0 Å². The number of benzene rings is 2. The van der Waals surface area contributed by atoms with Crippen molar-refractivity contribution in [3.05, 3.63) is 57.9 Å². The highest BCUT2D eigenvalue weighted by Gasteiger charge is 2.29. The number of thiazole rings is 1. The normalized spacial score (nSPS) is 14.1. The molecule has 8 nitrogen and oxygen atoms in total. The van der Waals surface area contributed by atoms with Gasteiger partial charge in [0.15, 0.2) is 14.6 Å². The molecule has 4 rings (SSSR count). The van der Waals surface area contributed by atoms with Crippen molar-refractivity contribution in [2.45, 2.75) is 13.0 Å². The zero-order chi connectivity index (χ0) is 23.6. The zero-order valence-corrected chi connectivity index (χ0v) is 20.3. The lowest BCUT2D eigenvalue weighted by Crippen LogP contribution is -2.36. The van der Waals surface area contributed by atoms with Crippen LogP contribution in [0.1, 0.15) is 5.56 Å². The second kappa shape index (κ2) is 9.76. The molecule has 0 spiro atoms. The molecule has 1 aliphatic heterocycles. The summed E-state index contributed by atoms with van der Waals surface area (Å²) in [5.74, 6) is -2.95. The van der Waals surface area contributed by atoms with Crippen LogP contribution in [0.25, 0.3) is 10.2 Å². The summed E-state index contributed by atoms with van der Waals surface area (Å²) in [6.45, 7) is 1.25. The topological polar surface area (TPSA) is 98.0 Å². The molecular weight excluding hydrogens is 486 g/mol. The Hall–Kier alpha value is -2.53. The van der Waals surface area contributed by atoms with E-state index in [0.29, 0.717) is 35.9 Å². The number of anilines is 1. The van der Waals surface area contributed by atoms with E-state index in [2.05, 4.69) is 4.99 Å². The van der Waals surface area contributed by atoms with Crippen LogP contribution in [0.2, 0.25) is 5.02 Å². The van der Waals surface area contributed by atoms with Gasteiger partial charge in [-0.05, 0) is 36.2 Å². The quantitative estimate of drug-likeness (QED) is 0.489. The fourth-order valence-electron chi connectivity index (χ4n) is 3.77. The molecule has 2 aromatic carbocycles. The third-order valence-electron chi connectivity index (χ3n) is 5.26. The van der Waals surface area contributed by atoms with E-state index in [4.69, 9.17) is 16.3 Å². The predicted molar refractivity (Wildman–Crippen MR) is 128 cm³/mol. The number of rotatable bonds is 7. The number of amides is 2. The second-order valence-electron chi connectivity index (χ2n) is 7.60. The predicted octanol–water partition coefficient (Wildman–Crippen LogP) is 2.43. The van der Waals surface area contributed by atoms with Crippen LogP contribution in [0.3, 0.4) is 0 Å². The van der Waals surface area contributed by atoms with Gasteiger partial charge in [-0.25, -0.2) is 8.42 Å². The van der Waals surface area contributed by atoms with Crippen LogP contribution in [-0.4, -0.2) is 56.6 Å². The number of fused-ring (bicyclic) bond motifs is 2. The van der Waals surface area contributed by atoms with Gasteiger partial charge in [0.05, 0.1) is 16.8 Å². The number of hydrogen-bond acceptors (Lipinski definition) is 6. The molecule has 0 saturated carbocycles. The molecule has 11 heteroatoms. The largest absolute Gasteiger partial charge is 0.383 e. The molecule has 0 radical (unpaired) electrons. The van der Waals surface area contributed by atoms with Gasteiger partial charge in [-0.15, -0.1) is 0 Å². The molecule has 1 aliphatic rings. The molecule has 2 heterocycles. The maximum absolute atomic E-state index is 12.7. The van der Waals surface area contributed by atoms with Crippen LogP contribution in [0.15, 0.2) is 47.5 Å². The highest BCUT2D eigenvalue weighted by atomic mass is 35.5. The van der Waals surface area contributed by atoms with Gasteiger partial charge >= 0.3 is 0 Å². The monoisotopic (exact) mass is 507 g/mol. The Kier molecular flexibility index (Phi) is 6.99. The fourth-order valence-corrected chi connectivity index (χ4v) is 6.20. The first-order chi connectivity index (χ1) is 15.8. The Labute approximate surface area is 200 Å². The van der Waals surface area contributed by atoms with Crippen LogP contribution in [0.5, 0.6) is 0 Å². The van der Waals surface area contributed by atoms with Gasteiger partial charge in [-0.1, -0.05) is 41.1 Å². The van der Waals surface area contributed by atoms with Gasteiger partial charge < -0.3 is 14.2 Å². The van der Waals surface area contributed by atoms with E-state index >= 15 is 0 Å². The molecule has 0 fully saturated rings. The number of methoxy groups -OCH3 is 1. The lowest BCUT2D eigenvalue weighted by atomic mass is 10.2. The standard InChI is InChI=1S/C22H22ClN3O5S2/c1-31-11-10-26-18-7-6-16(23)12-19(18)32-22(26)24-20(27)13-33(29,30)14-21(28)25-9-8-15-4-2-3-5-17(15)25/h2-7,12H,8-11,13-14H2,1H3. The average molecular weight is 508 g/mol. The van der Waals surface area contributed by atoms with Crippen molar-refractivity contribution in [3.63, 3.8) is 0 Å². The molecular formula is C22H22ClN3O5S2. The first kappa shape index (κ1) is 23.6. The number of nitrogens with zero attached hydrogens (tertiary/aromatic N) is 3. The number of halogens is 1. The summed E-state index contributed by atoms with van der Waals surface area (Å²) in [6, 6.07) is 12.7. The van der Waals surface area contributed by atoms with Gasteiger partial charge in [0.25, 0.3) is 5.91 Å². The number of sulfone groups is 1. The van der Waals surface area contributed by atoms with Crippen molar-refractivity contribution in [1.29, 1.82) is 0 Å². The van der Waals surface area contributed by atoms with E-state index in [1.807, 2.05) is 18.2 Å². The van der Waals surface area contributed by atoms with E-state index in [0.717, 1.165) is 21.5 Å². The lowest BCUT2D eigenvalue weighted by molar-refractivity contribution is -0.116. The number of para-hydroxylation sites is 1. The smallest absolute Gasteiger partial charge is 0.263 e. The number of aromatic nitrogens is 1. The lowest BCUT2D eigenvalue weighted by Gasteiger charge is -2.17. The molecule has 1 aromatic heterocycles. The molecule has 0 bridgehead atoms. The second-order valence-corrected chi connectivity index (χ2v) is 11.1. The summed E-state index contributed by atoms with van der Waals surface area (Å²) >= 11 is 7.31. The highest BCUT2D eigenvalue weighted by molar-refractivity contribution is 7.92. The molecule has 0 saturated heterocycles. The van der Waals surface area contributed by atoms with Crippen LogP contribution in [-0.2, 0) is 37.1 Å². The van der Waals surface area contributed by atoms with Crippen molar-refractivity contribution in [2.24, 2.45) is 4.99 Å². The minimum absolute atomic E-state index is 0.351. The van der Waals surface area contributed by atoms with Gasteiger partial charge in [-0.2, -0.15) is 4.99 Å². The minimum atomic E-state index is -3.99. The SMILES string of the molecule is COCCn1c(=NC(=O)CS(=O)(=O)CC(=O)N2CCc3ccccc32)sc2cc(Cl)ccc21. The summed E-state index contributed by atoms with van der Waals surface area (Å²) in [6.07, 6.45) is 0.674. The van der Waals surface area contributed by atoms with Gasteiger partial charge in [0.1, 0.15) is 11.5 Å². The van der Waals surface area contributed by atoms with Crippen molar-refractivity contribution >= 4 is 60.5 Å². The van der Waals surface area contributed by atoms with E-state index < -0.39 is 33.2 Å². The third kappa shape index (κ3) is 5.35. The number of ether oxygens (including phenoxy) is 1. The van der Waals surface area contributed by atoms with Crippen molar-refractivity contribution in [1.82, 2.24) is 4.57 Å². The number of carbonyl (C=O) groups is 2. The molecule has 0 N–H and O–H groups in total. The van der Waals surface area contributed by atoms with Crippen LogP contribution in [0, 0.1) is 0 Å². The zero-order valence-electron chi connectivity index (χ0n) is 17.9. The Balaban J connectivity index is 1.53. The van der Waals surface area contributed by atoms with Crippen molar-refractivity contribution < 1.29 is 22.7 Å². The molecule has 3 aromatic rings. The molecule has 0 aliphatic carbocycles. The maximum Gasteiger partial charge on any atom is 0.263 e. The Morgan fingerprint density at radius 2 is 1.97 bits per heavy atom. The Bertz CT molecular complexity index is 1390. The molecule has 33 heavy (non-hydrogen) atoms. The van der Waals surface area contributed by atoms with E-state index in [1.54, 1.807) is 35.9 Å². The molecule has 2 amide bonds. The summed E-state index contributed by atoms with van der Waals surface area (Å²) in [5, 5.41) is 0.546. The van der Waals surface area contributed by atoms with E-state index in [-0.39, 0.29) is 0 Å². The van der Waals surface area contributed by atoms with Gasteiger partial charge in [-0.3, -0.25) is 9.59 Å². The molecule has 0 atom stereocenters. The van der Waals surface area contributed by atoms with Gasteiger partial charge in [0.2, 0.25) is 5.91 Å². The number of carbonyl (C=O) groups excluding carboxylic acids is 2. The molecule has 174 valence electrons. The van der Waals surface area contributed by atoms with E-state index in [1.165, 1.54) is 16.2 Å². The molecule has 0 unspecified atom stereocenters. The van der Waals surface area contributed by atoms with Crippen LogP contribution >= 0.6 is 22.9 Å². The summed E-state index contributed by atoms with van der Waals surface area (Å²) in [7, 11) is -2.43. The minimum Gasteiger partial charge on any atom is -0.383 e. The summed E-state index contributed by atoms with van der Waals surface area (Å²) in [4.78, 5) is 31.1. The van der Waals surface area contributed by atoms with Crippen LogP contribution in [0.4, 0.5) is 5.69 Å². The van der Waals surface area contributed by atoms with Crippen LogP contribution < -0.4 is 9.70 Å². The Morgan fingerprint density at radius 3 is 2.76 bits per heavy atom. The summed E-state index contributed by atoms with van der Waals surface area (Å²) < 4.78 is 33.0. The maximum atomic E-state index is 12.7.